The lowest BCUT2D eigenvalue weighted by atomic mass is 9.83. The highest BCUT2D eigenvalue weighted by Crippen LogP contribution is 2.37. The lowest BCUT2D eigenvalue weighted by Gasteiger charge is -2.26. The second kappa shape index (κ2) is 6.91. The van der Waals surface area contributed by atoms with E-state index in [1.807, 2.05) is 60.7 Å². The van der Waals surface area contributed by atoms with E-state index in [0.29, 0.717) is 0 Å². The number of nitrogens with zero attached hydrogens (tertiary/aromatic N) is 1. The highest BCUT2D eigenvalue weighted by Gasteiger charge is 2.50. The predicted octanol–water partition coefficient (Wildman–Crippen LogP) is 3.47. The van der Waals surface area contributed by atoms with Crippen molar-refractivity contribution in [2.24, 2.45) is 0 Å². The minimum atomic E-state index is -0.819. The second-order valence-electron chi connectivity index (χ2n) is 6.20. The van der Waals surface area contributed by atoms with Gasteiger partial charge in [-0.2, -0.15) is 4.57 Å². The fourth-order valence-corrected chi connectivity index (χ4v) is 3.74. The summed E-state index contributed by atoms with van der Waals surface area (Å²) in [5, 5.41) is 8.57. The van der Waals surface area contributed by atoms with Crippen molar-refractivity contribution in [3.8, 4) is 0 Å². The van der Waals surface area contributed by atoms with Gasteiger partial charge in [-0.25, -0.2) is 9.59 Å². The molecular formula is C21H14BrN2O3+. The van der Waals surface area contributed by atoms with Crippen LogP contribution in [0.1, 0.15) is 17.5 Å². The maximum atomic E-state index is 12.8. The van der Waals surface area contributed by atoms with Gasteiger partial charge in [-0.3, -0.25) is 5.41 Å². The first kappa shape index (κ1) is 17.3. The van der Waals surface area contributed by atoms with E-state index < -0.39 is 23.9 Å². The number of halogens is 1. The fourth-order valence-electron chi connectivity index (χ4n) is 3.48. The molecule has 1 aromatic heterocycles. The summed E-state index contributed by atoms with van der Waals surface area (Å²) in [4.78, 5) is 25.0. The van der Waals surface area contributed by atoms with Crippen LogP contribution in [0.15, 0.2) is 76.9 Å². The first-order valence-electron chi connectivity index (χ1n) is 8.30. The molecule has 27 heavy (non-hydrogen) atoms. The molecule has 1 aliphatic heterocycles. The molecule has 0 bridgehead atoms. The van der Waals surface area contributed by atoms with E-state index in [9.17, 15) is 9.59 Å². The number of nitrogens with one attached hydrogen (secondary N) is 1. The number of carbonyl (C=O) groups is 2. The van der Waals surface area contributed by atoms with Gasteiger partial charge in [0.05, 0.1) is 5.92 Å². The number of hydrogen-bond acceptors (Lipinski definition) is 4. The molecule has 2 aromatic carbocycles. The monoisotopic (exact) mass is 421 g/mol. The number of para-hydroxylation sites is 1. The van der Waals surface area contributed by atoms with Crippen LogP contribution in [0.5, 0.6) is 0 Å². The molecule has 132 valence electrons. The SMILES string of the molecule is N=C=C1C(=O)OC(=O)[C@H]([n+]2cccc3ccccc32)[C@H]1c1ccc(Br)cc1. The molecule has 0 radical (unpaired) electrons. The van der Waals surface area contributed by atoms with Gasteiger partial charge in [-0.05, 0) is 35.7 Å². The van der Waals surface area contributed by atoms with Crippen molar-refractivity contribution in [3.05, 3.63) is 82.5 Å². The molecule has 1 aliphatic rings. The number of aromatic nitrogens is 1. The summed E-state index contributed by atoms with van der Waals surface area (Å²) >= 11 is 3.39. The van der Waals surface area contributed by atoms with E-state index in [1.165, 1.54) is 0 Å². The molecule has 4 rings (SSSR count). The second-order valence-corrected chi connectivity index (χ2v) is 7.11. The molecule has 0 amide bonds. The number of rotatable bonds is 2. The Bertz CT molecular complexity index is 1110. The van der Waals surface area contributed by atoms with Crippen molar-refractivity contribution in [2.45, 2.75) is 12.0 Å². The highest BCUT2D eigenvalue weighted by atomic mass is 79.9. The van der Waals surface area contributed by atoms with Crippen molar-refractivity contribution in [1.29, 1.82) is 5.41 Å². The molecule has 0 unspecified atom stereocenters. The smallest absolute Gasteiger partial charge is 0.384 e. The summed E-state index contributed by atoms with van der Waals surface area (Å²) in [7, 11) is 0. The topological polar surface area (TPSA) is 71.1 Å². The summed E-state index contributed by atoms with van der Waals surface area (Å²) in [6, 6.07) is 18.0. The van der Waals surface area contributed by atoms with Crippen LogP contribution >= 0.6 is 15.9 Å². The molecule has 1 fully saturated rings. The molecule has 5 nitrogen and oxygen atoms in total. The van der Waals surface area contributed by atoms with Crippen LogP contribution in [0, 0.1) is 5.41 Å². The first-order valence-corrected chi connectivity index (χ1v) is 9.09. The van der Waals surface area contributed by atoms with Crippen molar-refractivity contribution in [1.82, 2.24) is 0 Å². The van der Waals surface area contributed by atoms with Crippen molar-refractivity contribution in [2.75, 3.05) is 0 Å². The molecule has 0 spiro atoms. The zero-order valence-corrected chi connectivity index (χ0v) is 15.6. The maximum absolute atomic E-state index is 12.8. The van der Waals surface area contributed by atoms with Gasteiger partial charge in [0, 0.05) is 22.0 Å². The zero-order chi connectivity index (χ0) is 19.0. The van der Waals surface area contributed by atoms with Crippen LogP contribution in [0.3, 0.4) is 0 Å². The molecule has 1 N–H and O–H groups in total. The molecule has 0 saturated carbocycles. The third-order valence-electron chi connectivity index (χ3n) is 4.68. The quantitative estimate of drug-likeness (QED) is 0.226. The zero-order valence-electron chi connectivity index (χ0n) is 14.1. The van der Waals surface area contributed by atoms with Gasteiger partial charge in [0.1, 0.15) is 5.57 Å². The van der Waals surface area contributed by atoms with Gasteiger partial charge in [-0.1, -0.05) is 40.2 Å². The van der Waals surface area contributed by atoms with Crippen LogP contribution in [-0.4, -0.2) is 17.8 Å². The fraction of sp³-hybridized carbons (Fsp3) is 0.0952. The van der Waals surface area contributed by atoms with Crippen LogP contribution in [0.2, 0.25) is 0 Å². The normalized spacial score (nSPS) is 19.7. The Kier molecular flexibility index (Phi) is 4.44. The Morgan fingerprint density at radius 2 is 1.70 bits per heavy atom. The van der Waals surface area contributed by atoms with E-state index in [4.69, 9.17) is 10.1 Å². The van der Waals surface area contributed by atoms with E-state index in [0.717, 1.165) is 20.9 Å². The Hall–Kier alpha value is -3.08. The predicted molar refractivity (Wildman–Crippen MR) is 102 cm³/mol. The van der Waals surface area contributed by atoms with Crippen molar-refractivity contribution < 1.29 is 18.9 Å². The highest BCUT2D eigenvalue weighted by molar-refractivity contribution is 9.10. The lowest BCUT2D eigenvalue weighted by Crippen LogP contribution is -2.52. The van der Waals surface area contributed by atoms with Crippen molar-refractivity contribution >= 4 is 44.6 Å². The minimum absolute atomic E-state index is 0.0300. The number of fused-ring (bicyclic) bond motifs is 1. The van der Waals surface area contributed by atoms with Crippen LogP contribution < -0.4 is 4.57 Å². The minimum Gasteiger partial charge on any atom is -0.384 e. The molecule has 2 atom stereocenters. The van der Waals surface area contributed by atoms with Gasteiger partial charge in [0.15, 0.2) is 6.20 Å². The number of pyridine rings is 1. The van der Waals surface area contributed by atoms with Crippen LogP contribution in [0.25, 0.3) is 10.9 Å². The Morgan fingerprint density at radius 3 is 2.44 bits per heavy atom. The van der Waals surface area contributed by atoms with E-state index >= 15 is 0 Å². The van der Waals surface area contributed by atoms with Crippen molar-refractivity contribution in [3.63, 3.8) is 0 Å². The van der Waals surface area contributed by atoms with Gasteiger partial charge < -0.3 is 4.74 Å². The average Bonchev–Trinajstić information content (AvgIpc) is 2.68. The number of hydrogen-bond donors (Lipinski definition) is 1. The number of benzene rings is 2. The van der Waals surface area contributed by atoms with Crippen LogP contribution in [-0.2, 0) is 14.3 Å². The number of esters is 2. The molecule has 1 saturated heterocycles. The number of carbonyl (C=O) groups excluding carboxylic acids is 2. The van der Waals surface area contributed by atoms with E-state index in [-0.39, 0.29) is 5.57 Å². The summed E-state index contributed by atoms with van der Waals surface area (Å²) in [6.45, 7) is 0. The maximum Gasteiger partial charge on any atom is 0.384 e. The Balaban J connectivity index is 1.97. The third kappa shape index (κ3) is 2.99. The molecular weight excluding hydrogens is 408 g/mol. The van der Waals surface area contributed by atoms with E-state index in [1.54, 1.807) is 10.8 Å². The largest absolute Gasteiger partial charge is 0.384 e. The third-order valence-corrected chi connectivity index (χ3v) is 5.21. The molecule has 3 aromatic rings. The van der Waals surface area contributed by atoms with Gasteiger partial charge in [0.2, 0.25) is 5.52 Å². The van der Waals surface area contributed by atoms with Gasteiger partial charge in [-0.15, -0.1) is 0 Å². The molecule has 0 aliphatic carbocycles. The average molecular weight is 422 g/mol. The standard InChI is InChI=1S/C21H14BrN2O3/c22-15-9-7-14(8-10-15)18-16(12-23)20(25)27-21(26)19(18)24-11-3-5-13-4-1-2-6-17(13)24/h1-11,18-19,23H/q+1/t18-,19+/m0/s1. The van der Waals surface area contributed by atoms with E-state index in [2.05, 4.69) is 21.8 Å². The number of cyclic esters (lactones) is 2. The first-order chi connectivity index (χ1) is 13.1. The summed E-state index contributed by atoms with van der Waals surface area (Å²) in [6.07, 6.45) is 1.79. The Labute approximate surface area is 163 Å². The number of ether oxygens (including phenoxy) is 1. The summed E-state index contributed by atoms with van der Waals surface area (Å²) in [5.74, 6) is 0.0690. The van der Waals surface area contributed by atoms with Gasteiger partial charge >= 0.3 is 11.9 Å². The van der Waals surface area contributed by atoms with Gasteiger partial charge in [0.25, 0.3) is 6.04 Å². The van der Waals surface area contributed by atoms with Crippen LogP contribution in [0.4, 0.5) is 0 Å². The summed E-state index contributed by atoms with van der Waals surface area (Å²) < 4.78 is 7.63. The Morgan fingerprint density at radius 1 is 1.00 bits per heavy atom. The molecule has 2 heterocycles. The summed E-state index contributed by atoms with van der Waals surface area (Å²) in [5.41, 5.74) is 1.61. The molecule has 6 heteroatoms. The lowest BCUT2D eigenvalue weighted by molar-refractivity contribution is -0.688.